The first kappa shape index (κ1) is 12.4. The van der Waals surface area contributed by atoms with Crippen molar-refractivity contribution >= 4 is 0 Å². The molecule has 2 rings (SSSR count). The van der Waals surface area contributed by atoms with Crippen molar-refractivity contribution < 1.29 is 9.84 Å². The minimum absolute atomic E-state index is 0.410. The Balaban J connectivity index is 1.98. The molecule has 0 atom stereocenters. The number of nitrogens with one attached hydrogen (secondary N) is 1. The summed E-state index contributed by atoms with van der Waals surface area (Å²) in [6.07, 6.45) is 3.94. The summed E-state index contributed by atoms with van der Waals surface area (Å²) in [4.78, 5) is 0. The molecule has 94 valence electrons. The van der Waals surface area contributed by atoms with Crippen LogP contribution in [0.25, 0.3) is 0 Å². The Morgan fingerprint density at radius 2 is 2.00 bits per heavy atom. The van der Waals surface area contributed by atoms with Gasteiger partial charge in [-0.3, -0.25) is 0 Å². The topological polar surface area (TPSA) is 41.5 Å². The van der Waals surface area contributed by atoms with E-state index < -0.39 is 5.60 Å². The molecule has 0 spiro atoms. The first-order valence-electron chi connectivity index (χ1n) is 6.31. The maximum Gasteiger partial charge on any atom is 0.123 e. The van der Waals surface area contributed by atoms with Crippen LogP contribution in [-0.2, 0) is 6.54 Å². The lowest BCUT2D eigenvalue weighted by molar-refractivity contribution is 0.00112. The highest BCUT2D eigenvalue weighted by Gasteiger charge is 2.32. The highest BCUT2D eigenvalue weighted by atomic mass is 16.5. The van der Waals surface area contributed by atoms with Crippen molar-refractivity contribution in [1.29, 1.82) is 0 Å². The Labute approximate surface area is 103 Å². The molecule has 1 fully saturated rings. The van der Waals surface area contributed by atoms with Gasteiger partial charge in [-0.1, -0.05) is 31.0 Å². The number of ether oxygens (including phenoxy) is 1. The Morgan fingerprint density at radius 3 is 2.71 bits per heavy atom. The van der Waals surface area contributed by atoms with Gasteiger partial charge in [-0.05, 0) is 26.0 Å². The fourth-order valence-corrected chi connectivity index (χ4v) is 2.37. The summed E-state index contributed by atoms with van der Waals surface area (Å²) < 4.78 is 5.79. The monoisotopic (exact) mass is 235 g/mol. The lowest BCUT2D eigenvalue weighted by atomic mass is 10.0. The van der Waals surface area contributed by atoms with E-state index in [1.807, 2.05) is 31.3 Å². The summed E-state index contributed by atoms with van der Waals surface area (Å²) >= 11 is 0. The summed E-state index contributed by atoms with van der Waals surface area (Å²) in [5.74, 6) is 0.877. The number of rotatable bonds is 5. The molecule has 0 amide bonds. The highest BCUT2D eigenvalue weighted by molar-refractivity contribution is 5.33. The van der Waals surface area contributed by atoms with Crippen LogP contribution in [-0.4, -0.2) is 24.4 Å². The Hall–Kier alpha value is -1.06. The predicted molar refractivity (Wildman–Crippen MR) is 68.1 cm³/mol. The molecule has 1 saturated carbocycles. The third kappa shape index (κ3) is 3.20. The third-order valence-electron chi connectivity index (χ3n) is 3.37. The summed E-state index contributed by atoms with van der Waals surface area (Å²) in [6, 6.07) is 7.98. The lowest BCUT2D eigenvalue weighted by Crippen LogP contribution is -2.32. The SMILES string of the molecule is CNCc1ccccc1OCC1(O)CCCC1. The minimum atomic E-state index is -0.604. The summed E-state index contributed by atoms with van der Waals surface area (Å²) in [6.45, 7) is 1.20. The second-order valence-corrected chi connectivity index (χ2v) is 4.86. The van der Waals surface area contributed by atoms with Gasteiger partial charge in [-0.15, -0.1) is 0 Å². The van der Waals surface area contributed by atoms with Crippen molar-refractivity contribution in [3.63, 3.8) is 0 Å². The quantitative estimate of drug-likeness (QED) is 0.821. The maximum absolute atomic E-state index is 10.2. The van der Waals surface area contributed by atoms with Gasteiger partial charge in [0, 0.05) is 12.1 Å². The van der Waals surface area contributed by atoms with Gasteiger partial charge in [0.2, 0.25) is 0 Å². The van der Waals surface area contributed by atoms with Gasteiger partial charge in [0.15, 0.2) is 0 Å². The van der Waals surface area contributed by atoms with Crippen LogP contribution in [0.4, 0.5) is 0 Å². The van der Waals surface area contributed by atoms with E-state index in [4.69, 9.17) is 4.74 Å². The molecule has 17 heavy (non-hydrogen) atoms. The largest absolute Gasteiger partial charge is 0.490 e. The average molecular weight is 235 g/mol. The van der Waals surface area contributed by atoms with Crippen molar-refractivity contribution in [2.24, 2.45) is 0 Å². The summed E-state index contributed by atoms with van der Waals surface area (Å²) in [5.41, 5.74) is 0.531. The van der Waals surface area contributed by atoms with E-state index in [0.29, 0.717) is 6.61 Å². The fraction of sp³-hybridized carbons (Fsp3) is 0.571. The van der Waals surface area contributed by atoms with Crippen LogP contribution in [0.5, 0.6) is 5.75 Å². The first-order chi connectivity index (χ1) is 8.23. The Morgan fingerprint density at radius 1 is 1.29 bits per heavy atom. The van der Waals surface area contributed by atoms with Crippen molar-refractivity contribution in [3.05, 3.63) is 29.8 Å². The van der Waals surface area contributed by atoms with Crippen LogP contribution in [0.3, 0.4) is 0 Å². The maximum atomic E-state index is 10.2. The van der Waals surface area contributed by atoms with Crippen LogP contribution in [0, 0.1) is 0 Å². The number of aliphatic hydroxyl groups is 1. The van der Waals surface area contributed by atoms with Crippen LogP contribution >= 0.6 is 0 Å². The van der Waals surface area contributed by atoms with Crippen molar-refractivity contribution in [3.8, 4) is 5.75 Å². The fourth-order valence-electron chi connectivity index (χ4n) is 2.37. The molecule has 2 N–H and O–H groups in total. The smallest absolute Gasteiger partial charge is 0.123 e. The number of benzene rings is 1. The van der Waals surface area contributed by atoms with Gasteiger partial charge >= 0.3 is 0 Å². The molecule has 3 nitrogen and oxygen atoms in total. The van der Waals surface area contributed by atoms with E-state index in [9.17, 15) is 5.11 Å². The van der Waals surface area contributed by atoms with Crippen molar-refractivity contribution in [2.75, 3.05) is 13.7 Å². The number of hydrogen-bond acceptors (Lipinski definition) is 3. The third-order valence-corrected chi connectivity index (χ3v) is 3.37. The van der Waals surface area contributed by atoms with E-state index in [2.05, 4.69) is 5.32 Å². The van der Waals surface area contributed by atoms with Crippen LogP contribution in [0.15, 0.2) is 24.3 Å². The highest BCUT2D eigenvalue weighted by Crippen LogP contribution is 2.30. The van der Waals surface area contributed by atoms with E-state index in [1.165, 1.54) is 0 Å². The lowest BCUT2D eigenvalue weighted by Gasteiger charge is -2.23. The molecule has 0 radical (unpaired) electrons. The van der Waals surface area contributed by atoms with Gasteiger partial charge in [-0.2, -0.15) is 0 Å². The number of para-hydroxylation sites is 1. The molecule has 1 aliphatic rings. The molecule has 0 heterocycles. The molecular weight excluding hydrogens is 214 g/mol. The van der Waals surface area contributed by atoms with E-state index >= 15 is 0 Å². The first-order valence-corrected chi connectivity index (χ1v) is 6.31. The second-order valence-electron chi connectivity index (χ2n) is 4.86. The van der Waals surface area contributed by atoms with Gasteiger partial charge in [0.1, 0.15) is 12.4 Å². The molecule has 1 aromatic carbocycles. The Bertz CT molecular complexity index is 359. The molecule has 3 heteroatoms. The zero-order valence-corrected chi connectivity index (χ0v) is 10.4. The van der Waals surface area contributed by atoms with E-state index in [0.717, 1.165) is 43.5 Å². The van der Waals surface area contributed by atoms with Crippen LogP contribution in [0.1, 0.15) is 31.2 Å². The predicted octanol–water partition coefficient (Wildman–Crippen LogP) is 2.09. The minimum Gasteiger partial charge on any atom is -0.490 e. The summed E-state index contributed by atoms with van der Waals surface area (Å²) in [5, 5.41) is 13.4. The van der Waals surface area contributed by atoms with Crippen LogP contribution in [0.2, 0.25) is 0 Å². The van der Waals surface area contributed by atoms with Gasteiger partial charge in [0.25, 0.3) is 0 Å². The second kappa shape index (κ2) is 5.52. The van der Waals surface area contributed by atoms with E-state index in [-0.39, 0.29) is 0 Å². The van der Waals surface area contributed by atoms with Gasteiger partial charge in [-0.25, -0.2) is 0 Å². The molecule has 0 aliphatic heterocycles. The average Bonchev–Trinajstić information content (AvgIpc) is 2.76. The van der Waals surface area contributed by atoms with Gasteiger partial charge in [0.05, 0.1) is 5.60 Å². The summed E-state index contributed by atoms with van der Waals surface area (Å²) in [7, 11) is 1.92. The molecule has 0 bridgehead atoms. The normalized spacial score (nSPS) is 18.2. The van der Waals surface area contributed by atoms with E-state index in [1.54, 1.807) is 0 Å². The van der Waals surface area contributed by atoms with Crippen molar-refractivity contribution in [2.45, 2.75) is 37.8 Å². The van der Waals surface area contributed by atoms with Gasteiger partial charge < -0.3 is 15.2 Å². The molecule has 1 aliphatic carbocycles. The zero-order valence-electron chi connectivity index (χ0n) is 10.4. The molecule has 0 unspecified atom stereocenters. The molecule has 1 aromatic rings. The zero-order chi connectivity index (χ0) is 12.1. The van der Waals surface area contributed by atoms with Crippen LogP contribution < -0.4 is 10.1 Å². The molecule has 0 saturated heterocycles. The molecular formula is C14H21NO2. The molecule has 0 aromatic heterocycles. The van der Waals surface area contributed by atoms with Crippen molar-refractivity contribution in [1.82, 2.24) is 5.32 Å². The standard InChI is InChI=1S/C14H21NO2/c1-15-10-12-6-2-3-7-13(12)17-11-14(16)8-4-5-9-14/h2-3,6-7,15-16H,4-5,8-11H2,1H3. The Kier molecular flexibility index (Phi) is 4.02. The number of hydrogen-bond donors (Lipinski definition) is 2.